The van der Waals surface area contributed by atoms with Gasteiger partial charge in [0.25, 0.3) is 5.69 Å². The summed E-state index contributed by atoms with van der Waals surface area (Å²) in [7, 11) is 0. The van der Waals surface area contributed by atoms with E-state index in [-0.39, 0.29) is 11.6 Å². The monoisotopic (exact) mass is 300 g/mol. The van der Waals surface area contributed by atoms with Gasteiger partial charge in [0.2, 0.25) is 5.91 Å². The van der Waals surface area contributed by atoms with E-state index in [0.29, 0.717) is 5.69 Å². The normalized spacial score (nSPS) is 10.0. The molecular formula is C15H12N2O5. The van der Waals surface area contributed by atoms with Crippen molar-refractivity contribution in [3.05, 3.63) is 64.2 Å². The Hall–Kier alpha value is -3.22. The standard InChI is InChI=1S/C15H12N2O5/c1-10(18)16(11-5-3-2-4-6-11)12-7-8-14(17(21)22)13(9-12)15(19)20/h2-9H,1H3,(H,19,20). The first-order chi connectivity index (χ1) is 10.4. The van der Waals surface area contributed by atoms with Gasteiger partial charge in [0.05, 0.1) is 10.6 Å². The second-order valence-electron chi connectivity index (χ2n) is 4.45. The Bertz CT molecular complexity index is 743. The minimum absolute atomic E-state index is 0.252. The van der Waals surface area contributed by atoms with Gasteiger partial charge in [-0.25, -0.2) is 4.79 Å². The van der Waals surface area contributed by atoms with Crippen molar-refractivity contribution in [3.63, 3.8) is 0 Å². The highest BCUT2D eigenvalue weighted by atomic mass is 16.6. The third-order valence-corrected chi connectivity index (χ3v) is 2.99. The fourth-order valence-corrected chi connectivity index (χ4v) is 2.08. The molecule has 7 heteroatoms. The number of anilines is 2. The first-order valence-corrected chi connectivity index (χ1v) is 6.29. The van der Waals surface area contributed by atoms with Crippen LogP contribution >= 0.6 is 0 Å². The number of carbonyl (C=O) groups excluding carboxylic acids is 1. The zero-order valence-corrected chi connectivity index (χ0v) is 11.6. The molecule has 0 aliphatic heterocycles. The van der Waals surface area contributed by atoms with Crippen molar-refractivity contribution in [1.82, 2.24) is 0 Å². The maximum atomic E-state index is 11.9. The van der Waals surface area contributed by atoms with Gasteiger partial charge in [-0.05, 0) is 24.3 Å². The largest absolute Gasteiger partial charge is 0.477 e. The lowest BCUT2D eigenvalue weighted by molar-refractivity contribution is -0.385. The number of benzene rings is 2. The molecule has 7 nitrogen and oxygen atoms in total. The molecule has 0 bridgehead atoms. The Labute approximate surface area is 125 Å². The molecule has 2 aromatic carbocycles. The SMILES string of the molecule is CC(=O)N(c1ccccc1)c1ccc([N+](=O)[O-])c(C(=O)O)c1. The van der Waals surface area contributed by atoms with Crippen molar-refractivity contribution in [3.8, 4) is 0 Å². The summed E-state index contributed by atoms with van der Waals surface area (Å²) in [4.78, 5) is 34.5. The molecule has 0 aromatic heterocycles. The van der Waals surface area contributed by atoms with Crippen LogP contribution in [-0.2, 0) is 4.79 Å². The van der Waals surface area contributed by atoms with Gasteiger partial charge in [-0.15, -0.1) is 0 Å². The van der Waals surface area contributed by atoms with Crippen LogP contribution in [0.2, 0.25) is 0 Å². The molecule has 112 valence electrons. The number of carboxylic acid groups (broad SMARTS) is 1. The van der Waals surface area contributed by atoms with E-state index in [9.17, 15) is 19.7 Å². The Morgan fingerprint density at radius 2 is 1.73 bits per heavy atom. The van der Waals surface area contributed by atoms with E-state index in [1.165, 1.54) is 17.9 Å². The quantitative estimate of drug-likeness (QED) is 0.691. The first-order valence-electron chi connectivity index (χ1n) is 6.29. The third kappa shape index (κ3) is 2.93. The number of carboxylic acids is 1. The lowest BCUT2D eigenvalue weighted by Crippen LogP contribution is -2.23. The zero-order valence-electron chi connectivity index (χ0n) is 11.6. The summed E-state index contributed by atoms with van der Waals surface area (Å²) in [6, 6.07) is 12.2. The number of nitrogens with zero attached hydrogens (tertiary/aromatic N) is 2. The van der Waals surface area contributed by atoms with Crippen LogP contribution in [0.4, 0.5) is 17.1 Å². The van der Waals surface area contributed by atoms with Crippen LogP contribution in [0.5, 0.6) is 0 Å². The van der Waals surface area contributed by atoms with E-state index < -0.39 is 22.1 Å². The Balaban J connectivity index is 2.59. The van der Waals surface area contributed by atoms with E-state index in [2.05, 4.69) is 0 Å². The lowest BCUT2D eigenvalue weighted by atomic mass is 10.1. The fourth-order valence-electron chi connectivity index (χ4n) is 2.08. The molecule has 0 aliphatic rings. The Morgan fingerprint density at radius 1 is 1.09 bits per heavy atom. The number of nitro benzene ring substituents is 1. The van der Waals surface area contributed by atoms with Gasteiger partial charge in [0.15, 0.2) is 0 Å². The van der Waals surface area contributed by atoms with E-state index in [0.717, 1.165) is 12.1 Å². The average molecular weight is 300 g/mol. The van der Waals surface area contributed by atoms with Crippen molar-refractivity contribution < 1.29 is 19.6 Å². The van der Waals surface area contributed by atoms with Gasteiger partial charge < -0.3 is 5.11 Å². The van der Waals surface area contributed by atoms with Gasteiger partial charge in [-0.2, -0.15) is 0 Å². The minimum atomic E-state index is -1.43. The second kappa shape index (κ2) is 6.04. The van der Waals surface area contributed by atoms with Gasteiger partial charge in [-0.1, -0.05) is 18.2 Å². The van der Waals surface area contributed by atoms with E-state index in [1.807, 2.05) is 0 Å². The highest BCUT2D eigenvalue weighted by molar-refractivity contribution is 6.01. The van der Waals surface area contributed by atoms with Gasteiger partial charge in [0, 0.05) is 18.7 Å². The summed E-state index contributed by atoms with van der Waals surface area (Å²) in [5.41, 5.74) is -0.195. The molecule has 1 amide bonds. The van der Waals surface area contributed by atoms with Crippen LogP contribution in [0, 0.1) is 10.1 Å². The van der Waals surface area contributed by atoms with Crippen LogP contribution in [-0.4, -0.2) is 21.9 Å². The summed E-state index contributed by atoms with van der Waals surface area (Å²) in [5.74, 6) is -1.76. The molecule has 0 spiro atoms. The molecule has 2 aromatic rings. The number of nitro groups is 1. The van der Waals surface area contributed by atoms with Crippen LogP contribution in [0.15, 0.2) is 48.5 Å². The van der Waals surface area contributed by atoms with Gasteiger partial charge in [-0.3, -0.25) is 19.8 Å². The number of carbonyl (C=O) groups is 2. The highest BCUT2D eigenvalue weighted by Crippen LogP contribution is 2.30. The average Bonchev–Trinajstić information content (AvgIpc) is 2.47. The van der Waals surface area contributed by atoms with E-state index in [4.69, 9.17) is 5.11 Å². The summed E-state index contributed by atoms with van der Waals surface area (Å²) >= 11 is 0. The first kappa shape index (κ1) is 15.2. The molecule has 1 N–H and O–H groups in total. The summed E-state index contributed by atoms with van der Waals surface area (Å²) in [6.45, 7) is 1.33. The molecule has 0 atom stereocenters. The number of hydrogen-bond donors (Lipinski definition) is 1. The zero-order chi connectivity index (χ0) is 16.3. The molecule has 0 unspecified atom stereocenters. The fraction of sp³-hybridized carbons (Fsp3) is 0.0667. The number of rotatable bonds is 4. The summed E-state index contributed by atoms with van der Waals surface area (Å²) in [5, 5.41) is 20.0. The molecule has 0 saturated heterocycles. The van der Waals surface area contributed by atoms with E-state index >= 15 is 0 Å². The van der Waals surface area contributed by atoms with Crippen molar-refractivity contribution in [1.29, 1.82) is 0 Å². The number of hydrogen-bond acceptors (Lipinski definition) is 4. The molecular weight excluding hydrogens is 288 g/mol. The summed E-state index contributed by atoms with van der Waals surface area (Å²) in [6.07, 6.45) is 0. The smallest absolute Gasteiger partial charge is 0.342 e. The van der Waals surface area contributed by atoms with Crippen LogP contribution in [0.3, 0.4) is 0 Å². The molecule has 2 rings (SSSR count). The molecule has 0 radical (unpaired) electrons. The molecule has 0 aliphatic carbocycles. The van der Waals surface area contributed by atoms with E-state index in [1.54, 1.807) is 30.3 Å². The number of aromatic carboxylic acids is 1. The van der Waals surface area contributed by atoms with Crippen LogP contribution in [0.25, 0.3) is 0 Å². The maximum Gasteiger partial charge on any atom is 0.342 e. The van der Waals surface area contributed by atoms with Gasteiger partial charge >= 0.3 is 5.97 Å². The summed E-state index contributed by atoms with van der Waals surface area (Å²) < 4.78 is 0. The van der Waals surface area contributed by atoms with Crippen molar-refractivity contribution in [2.24, 2.45) is 0 Å². The molecule has 0 fully saturated rings. The topological polar surface area (TPSA) is 101 Å². The molecule has 0 heterocycles. The Kier molecular flexibility index (Phi) is 4.17. The third-order valence-electron chi connectivity index (χ3n) is 2.99. The van der Waals surface area contributed by atoms with Crippen molar-refractivity contribution in [2.75, 3.05) is 4.90 Å². The second-order valence-corrected chi connectivity index (χ2v) is 4.45. The van der Waals surface area contributed by atoms with Crippen molar-refractivity contribution in [2.45, 2.75) is 6.92 Å². The van der Waals surface area contributed by atoms with Crippen LogP contribution < -0.4 is 4.90 Å². The van der Waals surface area contributed by atoms with Gasteiger partial charge in [0.1, 0.15) is 5.56 Å². The predicted octanol–water partition coefficient (Wildman–Crippen LogP) is 2.98. The highest BCUT2D eigenvalue weighted by Gasteiger charge is 2.23. The minimum Gasteiger partial charge on any atom is -0.477 e. The number of amides is 1. The molecule has 22 heavy (non-hydrogen) atoms. The molecule has 0 saturated carbocycles. The van der Waals surface area contributed by atoms with Crippen molar-refractivity contribution >= 4 is 28.9 Å². The lowest BCUT2D eigenvalue weighted by Gasteiger charge is -2.21. The maximum absolute atomic E-state index is 11.9. The van der Waals surface area contributed by atoms with Crippen LogP contribution in [0.1, 0.15) is 17.3 Å². The predicted molar refractivity (Wildman–Crippen MR) is 79.3 cm³/mol. The Morgan fingerprint density at radius 3 is 2.23 bits per heavy atom. The number of para-hydroxylation sites is 1.